The number of hydrogen-bond acceptors (Lipinski definition) is 2. The lowest BCUT2D eigenvalue weighted by molar-refractivity contribution is 0.167. The number of hydrogen-bond donors (Lipinski definition) is 2. The predicted molar refractivity (Wildman–Crippen MR) is 81.7 cm³/mol. The van der Waals surface area contributed by atoms with Gasteiger partial charge in [-0.1, -0.05) is 54.6 Å². The number of nitrogens with one attached hydrogen (secondary N) is 1. The normalized spacial score (nSPS) is 18.8. The third-order valence-corrected chi connectivity index (χ3v) is 4.05. The van der Waals surface area contributed by atoms with Gasteiger partial charge < -0.3 is 10.4 Å². The topological polar surface area (TPSA) is 32.3 Å². The summed E-state index contributed by atoms with van der Waals surface area (Å²) in [6, 6.07) is 19.2. The van der Waals surface area contributed by atoms with Gasteiger partial charge in [0.1, 0.15) is 0 Å². The molecular formula is C18H21NO. The van der Waals surface area contributed by atoms with Crippen LogP contribution in [0.1, 0.15) is 29.2 Å². The van der Waals surface area contributed by atoms with Crippen molar-refractivity contribution in [3.05, 3.63) is 71.3 Å². The molecule has 1 aliphatic carbocycles. The van der Waals surface area contributed by atoms with E-state index in [1.54, 1.807) is 0 Å². The third-order valence-electron chi connectivity index (χ3n) is 4.05. The maximum atomic E-state index is 10.1. The first-order valence-corrected chi connectivity index (χ1v) is 7.36. The number of aliphatic hydroxyl groups is 1. The summed E-state index contributed by atoms with van der Waals surface area (Å²) in [5.41, 5.74) is 4.04. The SMILES string of the molecule is OC(CNC1CCc2ccccc21)Cc1ccccc1. The zero-order valence-electron chi connectivity index (χ0n) is 11.6. The molecular weight excluding hydrogens is 246 g/mol. The highest BCUT2D eigenvalue weighted by Gasteiger charge is 2.21. The second kappa shape index (κ2) is 6.21. The minimum Gasteiger partial charge on any atom is -0.391 e. The molecule has 1 aliphatic rings. The molecule has 0 aliphatic heterocycles. The Balaban J connectivity index is 1.53. The van der Waals surface area contributed by atoms with Crippen molar-refractivity contribution >= 4 is 0 Å². The molecule has 0 saturated heterocycles. The van der Waals surface area contributed by atoms with E-state index >= 15 is 0 Å². The van der Waals surface area contributed by atoms with Crippen LogP contribution in [0.3, 0.4) is 0 Å². The maximum absolute atomic E-state index is 10.1. The van der Waals surface area contributed by atoms with Crippen LogP contribution < -0.4 is 5.32 Å². The van der Waals surface area contributed by atoms with E-state index in [0.717, 1.165) is 12.8 Å². The Morgan fingerprint density at radius 1 is 1.05 bits per heavy atom. The van der Waals surface area contributed by atoms with Crippen molar-refractivity contribution in [1.29, 1.82) is 0 Å². The zero-order valence-corrected chi connectivity index (χ0v) is 11.6. The Labute approximate surface area is 120 Å². The van der Waals surface area contributed by atoms with E-state index < -0.39 is 0 Å². The van der Waals surface area contributed by atoms with Gasteiger partial charge in [0.05, 0.1) is 6.10 Å². The Kier molecular flexibility index (Phi) is 4.14. The lowest BCUT2D eigenvalue weighted by atomic mass is 10.1. The second-order valence-corrected chi connectivity index (χ2v) is 5.54. The number of aliphatic hydroxyl groups excluding tert-OH is 1. The van der Waals surface area contributed by atoms with Crippen LogP contribution in [0.15, 0.2) is 54.6 Å². The van der Waals surface area contributed by atoms with Gasteiger partial charge in [-0.3, -0.25) is 0 Å². The fraction of sp³-hybridized carbons (Fsp3) is 0.333. The van der Waals surface area contributed by atoms with E-state index in [-0.39, 0.29) is 6.10 Å². The van der Waals surface area contributed by atoms with Gasteiger partial charge in [-0.15, -0.1) is 0 Å². The average Bonchev–Trinajstić information content (AvgIpc) is 2.89. The first-order chi connectivity index (χ1) is 9.83. The smallest absolute Gasteiger partial charge is 0.0705 e. The molecule has 104 valence electrons. The van der Waals surface area contributed by atoms with Gasteiger partial charge in [-0.05, 0) is 36.0 Å². The summed E-state index contributed by atoms with van der Waals surface area (Å²) in [5.74, 6) is 0. The summed E-state index contributed by atoms with van der Waals surface area (Å²) < 4.78 is 0. The molecule has 2 aromatic carbocycles. The molecule has 0 aromatic heterocycles. The molecule has 0 fully saturated rings. The molecule has 2 nitrogen and oxygen atoms in total. The Morgan fingerprint density at radius 3 is 2.65 bits per heavy atom. The number of benzene rings is 2. The summed E-state index contributed by atoms with van der Waals surface area (Å²) >= 11 is 0. The molecule has 2 unspecified atom stereocenters. The zero-order chi connectivity index (χ0) is 13.8. The Morgan fingerprint density at radius 2 is 1.80 bits per heavy atom. The van der Waals surface area contributed by atoms with Crippen molar-refractivity contribution in [1.82, 2.24) is 5.32 Å². The molecule has 0 bridgehead atoms. The Bertz CT molecular complexity index is 552. The summed E-state index contributed by atoms with van der Waals surface area (Å²) in [6.45, 7) is 0.647. The first kappa shape index (κ1) is 13.3. The number of rotatable bonds is 5. The van der Waals surface area contributed by atoms with Gasteiger partial charge in [0.2, 0.25) is 0 Å². The maximum Gasteiger partial charge on any atom is 0.0705 e. The first-order valence-electron chi connectivity index (χ1n) is 7.36. The third kappa shape index (κ3) is 3.09. The molecule has 0 saturated carbocycles. The van der Waals surface area contributed by atoms with Gasteiger partial charge in [-0.25, -0.2) is 0 Å². The van der Waals surface area contributed by atoms with Crippen molar-refractivity contribution in [3.8, 4) is 0 Å². The second-order valence-electron chi connectivity index (χ2n) is 5.54. The molecule has 2 atom stereocenters. The van der Waals surface area contributed by atoms with Crippen molar-refractivity contribution in [2.45, 2.75) is 31.4 Å². The van der Waals surface area contributed by atoms with Crippen LogP contribution in [0.2, 0.25) is 0 Å². The minimum atomic E-state index is -0.329. The van der Waals surface area contributed by atoms with E-state index in [4.69, 9.17) is 0 Å². The van der Waals surface area contributed by atoms with Crippen LogP contribution in [-0.2, 0) is 12.8 Å². The quantitative estimate of drug-likeness (QED) is 0.873. The molecule has 20 heavy (non-hydrogen) atoms. The summed E-state index contributed by atoms with van der Waals surface area (Å²) in [7, 11) is 0. The largest absolute Gasteiger partial charge is 0.391 e. The highest BCUT2D eigenvalue weighted by molar-refractivity contribution is 5.34. The standard InChI is InChI=1S/C18H21NO/c20-16(12-14-6-2-1-3-7-14)13-19-18-11-10-15-8-4-5-9-17(15)18/h1-9,16,18-20H,10-13H2. The van der Waals surface area contributed by atoms with E-state index in [9.17, 15) is 5.11 Å². The highest BCUT2D eigenvalue weighted by atomic mass is 16.3. The fourth-order valence-electron chi connectivity index (χ4n) is 3.01. The molecule has 0 amide bonds. The molecule has 2 N–H and O–H groups in total. The van der Waals surface area contributed by atoms with Crippen LogP contribution >= 0.6 is 0 Å². The van der Waals surface area contributed by atoms with Crippen molar-refractivity contribution in [2.75, 3.05) is 6.54 Å². The lowest BCUT2D eigenvalue weighted by Gasteiger charge is -2.17. The highest BCUT2D eigenvalue weighted by Crippen LogP contribution is 2.30. The molecule has 3 rings (SSSR count). The van der Waals surface area contributed by atoms with Gasteiger partial charge in [-0.2, -0.15) is 0 Å². The molecule has 0 heterocycles. The van der Waals surface area contributed by atoms with Crippen LogP contribution in [0, 0.1) is 0 Å². The van der Waals surface area contributed by atoms with Gasteiger partial charge in [0, 0.05) is 12.6 Å². The molecule has 0 spiro atoms. The van der Waals surface area contributed by atoms with Gasteiger partial charge >= 0.3 is 0 Å². The summed E-state index contributed by atoms with van der Waals surface area (Å²) in [5, 5.41) is 13.7. The molecule has 0 radical (unpaired) electrons. The number of fused-ring (bicyclic) bond motifs is 1. The minimum absolute atomic E-state index is 0.329. The number of aryl methyl sites for hydroxylation is 1. The Hall–Kier alpha value is -1.64. The van der Waals surface area contributed by atoms with Crippen LogP contribution in [0.5, 0.6) is 0 Å². The van der Waals surface area contributed by atoms with E-state index in [1.807, 2.05) is 18.2 Å². The summed E-state index contributed by atoms with van der Waals surface area (Å²) in [4.78, 5) is 0. The molecule has 2 heteroatoms. The van der Waals surface area contributed by atoms with Crippen LogP contribution in [0.25, 0.3) is 0 Å². The average molecular weight is 267 g/mol. The van der Waals surface area contributed by atoms with Crippen molar-refractivity contribution in [2.24, 2.45) is 0 Å². The van der Waals surface area contributed by atoms with Crippen LogP contribution in [-0.4, -0.2) is 17.8 Å². The fourth-order valence-corrected chi connectivity index (χ4v) is 3.01. The lowest BCUT2D eigenvalue weighted by Crippen LogP contribution is -2.30. The van der Waals surface area contributed by atoms with E-state index in [1.165, 1.54) is 16.7 Å². The predicted octanol–water partition coefficient (Wildman–Crippen LogP) is 2.87. The van der Waals surface area contributed by atoms with E-state index in [2.05, 4.69) is 41.7 Å². The van der Waals surface area contributed by atoms with Crippen LogP contribution in [0.4, 0.5) is 0 Å². The van der Waals surface area contributed by atoms with Gasteiger partial charge in [0.25, 0.3) is 0 Å². The van der Waals surface area contributed by atoms with E-state index in [0.29, 0.717) is 19.0 Å². The van der Waals surface area contributed by atoms with Crippen molar-refractivity contribution < 1.29 is 5.11 Å². The van der Waals surface area contributed by atoms with Crippen molar-refractivity contribution in [3.63, 3.8) is 0 Å². The molecule has 2 aromatic rings. The monoisotopic (exact) mass is 267 g/mol. The summed E-state index contributed by atoms with van der Waals surface area (Å²) in [6.07, 6.45) is 2.66. The van der Waals surface area contributed by atoms with Gasteiger partial charge in [0.15, 0.2) is 0 Å².